The van der Waals surface area contributed by atoms with Crippen LogP contribution in [-0.4, -0.2) is 16.9 Å². The zero-order valence-corrected chi connectivity index (χ0v) is 13.1. The molecule has 1 heterocycles. The Morgan fingerprint density at radius 3 is 2.54 bits per heavy atom. The third-order valence-corrected chi connectivity index (χ3v) is 4.54. The molecular formula is C17H13FN2O3S. The van der Waals surface area contributed by atoms with Gasteiger partial charge >= 0.3 is 5.97 Å². The van der Waals surface area contributed by atoms with Crippen LogP contribution in [0, 0.1) is 11.2 Å². The van der Waals surface area contributed by atoms with Crippen LogP contribution in [0.4, 0.5) is 4.39 Å². The van der Waals surface area contributed by atoms with Crippen LogP contribution in [0.5, 0.6) is 5.75 Å². The van der Waals surface area contributed by atoms with Gasteiger partial charge in [0.1, 0.15) is 17.4 Å². The molecular weight excluding hydrogens is 331 g/mol. The fourth-order valence-electron chi connectivity index (χ4n) is 2.25. The number of hydrogen-bond donors (Lipinski definition) is 3. The molecule has 0 radical (unpaired) electrons. The lowest BCUT2D eigenvalue weighted by atomic mass is 10.1. The lowest BCUT2D eigenvalue weighted by Gasteiger charge is -2.15. The summed E-state index contributed by atoms with van der Waals surface area (Å²) in [7, 11) is 0. The number of rotatable bonds is 5. The number of benzene rings is 2. The molecule has 2 aromatic carbocycles. The number of halogens is 1. The van der Waals surface area contributed by atoms with E-state index in [9.17, 15) is 14.3 Å². The molecule has 4 N–H and O–H groups in total. The van der Waals surface area contributed by atoms with Gasteiger partial charge in [-0.15, -0.1) is 11.3 Å². The van der Waals surface area contributed by atoms with Crippen molar-refractivity contribution in [2.75, 3.05) is 0 Å². The molecule has 3 aromatic rings. The Morgan fingerprint density at radius 2 is 1.92 bits per heavy atom. The van der Waals surface area contributed by atoms with Crippen LogP contribution in [0.3, 0.4) is 0 Å². The summed E-state index contributed by atoms with van der Waals surface area (Å²) in [6.07, 6.45) is -1.24. The lowest BCUT2D eigenvalue weighted by Crippen LogP contribution is -2.18. The maximum absolute atomic E-state index is 13.0. The molecule has 0 bridgehead atoms. The fourth-order valence-corrected chi connectivity index (χ4v) is 3.20. The van der Waals surface area contributed by atoms with E-state index in [2.05, 4.69) is 0 Å². The first kappa shape index (κ1) is 15.9. The molecule has 0 aliphatic carbocycles. The van der Waals surface area contributed by atoms with Crippen LogP contribution in [0.25, 0.3) is 10.1 Å². The molecule has 7 heteroatoms. The molecule has 3 rings (SSSR count). The Morgan fingerprint density at radius 1 is 1.21 bits per heavy atom. The molecule has 0 saturated heterocycles. The summed E-state index contributed by atoms with van der Waals surface area (Å²) in [6.45, 7) is 0. The number of nitrogens with two attached hydrogens (primary N) is 1. The first-order chi connectivity index (χ1) is 11.4. The maximum Gasteiger partial charge on any atom is 0.349 e. The normalized spacial score (nSPS) is 12.0. The monoisotopic (exact) mass is 344 g/mol. The van der Waals surface area contributed by atoms with E-state index < -0.39 is 17.9 Å². The summed E-state index contributed by atoms with van der Waals surface area (Å²) >= 11 is 1.33. The predicted octanol–water partition coefficient (Wildman–Crippen LogP) is 3.53. The number of carboxylic acid groups (broad SMARTS) is 1. The lowest BCUT2D eigenvalue weighted by molar-refractivity contribution is -0.145. The Balaban J connectivity index is 1.92. The van der Waals surface area contributed by atoms with Crippen molar-refractivity contribution in [3.63, 3.8) is 0 Å². The van der Waals surface area contributed by atoms with Crippen molar-refractivity contribution in [1.29, 1.82) is 5.41 Å². The molecule has 122 valence electrons. The standard InChI is InChI=1S/C17H13FN2O3S/c18-11-4-1-9(2-5-11)15(17(21)22)23-12-6-3-10-7-14(16(19)20)24-13(10)8-12/h1-8,15H,(H3,19,20)(H,21,22). The number of hydrogen-bond acceptors (Lipinski definition) is 4. The second-order valence-electron chi connectivity index (χ2n) is 5.11. The zero-order valence-electron chi connectivity index (χ0n) is 12.3. The van der Waals surface area contributed by atoms with Crippen molar-refractivity contribution < 1.29 is 19.0 Å². The van der Waals surface area contributed by atoms with Gasteiger partial charge in [-0.05, 0) is 41.8 Å². The fraction of sp³-hybridized carbons (Fsp3) is 0.0588. The molecule has 0 aliphatic heterocycles. The molecule has 5 nitrogen and oxygen atoms in total. The van der Waals surface area contributed by atoms with Crippen molar-refractivity contribution in [1.82, 2.24) is 0 Å². The van der Waals surface area contributed by atoms with E-state index in [1.807, 2.05) is 0 Å². The summed E-state index contributed by atoms with van der Waals surface area (Å²) < 4.78 is 19.4. The number of amidine groups is 1. The van der Waals surface area contributed by atoms with Crippen molar-refractivity contribution in [2.45, 2.75) is 6.10 Å². The number of nitrogen functional groups attached to an aromatic ring is 1. The average molecular weight is 344 g/mol. The third kappa shape index (κ3) is 3.21. The van der Waals surface area contributed by atoms with Crippen molar-refractivity contribution in [2.24, 2.45) is 5.73 Å². The number of aliphatic carboxylic acids is 1. The SMILES string of the molecule is N=C(N)c1cc2ccc(OC(C(=O)O)c3ccc(F)cc3)cc2s1. The van der Waals surface area contributed by atoms with Gasteiger partial charge in [-0.25, -0.2) is 9.18 Å². The average Bonchev–Trinajstić information content (AvgIpc) is 2.97. The minimum absolute atomic E-state index is 0.0200. The second kappa shape index (κ2) is 6.29. The predicted molar refractivity (Wildman–Crippen MR) is 90.2 cm³/mol. The van der Waals surface area contributed by atoms with E-state index in [4.69, 9.17) is 15.9 Å². The number of carbonyl (C=O) groups is 1. The number of thiophene rings is 1. The summed E-state index contributed by atoms with van der Waals surface area (Å²) in [5, 5.41) is 17.8. The van der Waals surface area contributed by atoms with Gasteiger partial charge in [0.25, 0.3) is 0 Å². The molecule has 0 amide bonds. The largest absolute Gasteiger partial charge is 0.478 e. The van der Waals surface area contributed by atoms with Crippen LogP contribution in [-0.2, 0) is 4.79 Å². The Labute approximate surface area is 140 Å². The molecule has 0 aliphatic rings. The number of nitrogens with one attached hydrogen (secondary N) is 1. The summed E-state index contributed by atoms with van der Waals surface area (Å²) in [5.74, 6) is -1.26. The van der Waals surface area contributed by atoms with E-state index in [0.29, 0.717) is 16.2 Å². The highest BCUT2D eigenvalue weighted by Gasteiger charge is 2.22. The van der Waals surface area contributed by atoms with Crippen LogP contribution >= 0.6 is 11.3 Å². The van der Waals surface area contributed by atoms with E-state index in [1.165, 1.54) is 35.6 Å². The van der Waals surface area contributed by atoms with Crippen LogP contribution in [0.15, 0.2) is 48.5 Å². The highest BCUT2D eigenvalue weighted by Crippen LogP contribution is 2.31. The minimum atomic E-state index is -1.24. The molecule has 1 unspecified atom stereocenters. The van der Waals surface area contributed by atoms with Crippen molar-refractivity contribution >= 4 is 33.2 Å². The minimum Gasteiger partial charge on any atom is -0.478 e. The van der Waals surface area contributed by atoms with E-state index in [1.54, 1.807) is 24.3 Å². The van der Waals surface area contributed by atoms with Crippen LogP contribution in [0.2, 0.25) is 0 Å². The second-order valence-corrected chi connectivity index (χ2v) is 6.20. The van der Waals surface area contributed by atoms with Crippen molar-refractivity contribution in [3.8, 4) is 5.75 Å². The van der Waals surface area contributed by atoms with Gasteiger partial charge in [0.05, 0.1) is 4.88 Å². The van der Waals surface area contributed by atoms with Crippen molar-refractivity contribution in [3.05, 3.63) is 64.8 Å². The molecule has 0 saturated carbocycles. The van der Waals surface area contributed by atoms with Crippen LogP contribution in [0.1, 0.15) is 16.5 Å². The van der Waals surface area contributed by atoms with Gasteiger partial charge in [-0.1, -0.05) is 12.1 Å². The number of carboxylic acids is 1. The number of ether oxygens (including phenoxy) is 1. The van der Waals surface area contributed by atoms with Gasteiger partial charge in [-0.3, -0.25) is 5.41 Å². The molecule has 24 heavy (non-hydrogen) atoms. The summed E-state index contributed by atoms with van der Waals surface area (Å²) in [5.41, 5.74) is 5.83. The first-order valence-corrected chi connectivity index (χ1v) is 7.78. The third-order valence-electron chi connectivity index (χ3n) is 3.41. The molecule has 0 fully saturated rings. The number of fused-ring (bicyclic) bond motifs is 1. The van der Waals surface area contributed by atoms with E-state index >= 15 is 0 Å². The smallest absolute Gasteiger partial charge is 0.349 e. The van der Waals surface area contributed by atoms with E-state index in [-0.39, 0.29) is 5.84 Å². The molecule has 0 spiro atoms. The van der Waals surface area contributed by atoms with Gasteiger partial charge in [0.15, 0.2) is 0 Å². The molecule has 1 aromatic heterocycles. The Bertz CT molecular complexity index is 921. The van der Waals surface area contributed by atoms with Crippen LogP contribution < -0.4 is 10.5 Å². The first-order valence-electron chi connectivity index (χ1n) is 6.97. The van der Waals surface area contributed by atoms with Gasteiger partial charge in [0, 0.05) is 10.3 Å². The highest BCUT2D eigenvalue weighted by molar-refractivity contribution is 7.20. The Kier molecular flexibility index (Phi) is 4.18. The topological polar surface area (TPSA) is 96.4 Å². The Hall–Kier alpha value is -2.93. The van der Waals surface area contributed by atoms with Gasteiger partial charge in [-0.2, -0.15) is 0 Å². The summed E-state index contributed by atoms with van der Waals surface area (Å²) in [4.78, 5) is 12.1. The molecule has 1 atom stereocenters. The van der Waals surface area contributed by atoms with Gasteiger partial charge in [0.2, 0.25) is 6.10 Å². The van der Waals surface area contributed by atoms with Gasteiger partial charge < -0.3 is 15.6 Å². The zero-order chi connectivity index (χ0) is 17.3. The van der Waals surface area contributed by atoms with E-state index in [0.717, 1.165) is 10.1 Å². The quantitative estimate of drug-likeness (QED) is 0.487. The highest BCUT2D eigenvalue weighted by atomic mass is 32.1. The summed E-state index contributed by atoms with van der Waals surface area (Å²) in [6, 6.07) is 12.1. The maximum atomic E-state index is 13.0.